The van der Waals surface area contributed by atoms with Crippen LogP contribution in [0.4, 0.5) is 4.79 Å². The Bertz CT molecular complexity index is 1280. The van der Waals surface area contributed by atoms with Gasteiger partial charge in [0.2, 0.25) is 5.91 Å². The molecule has 2 saturated heterocycles. The first kappa shape index (κ1) is 26.2. The molecule has 0 saturated carbocycles. The molecule has 0 unspecified atom stereocenters. The number of amides is 3. The average Bonchev–Trinajstić information content (AvgIpc) is 3.20. The monoisotopic (exact) mass is 533 g/mol. The second-order valence-electron chi connectivity index (χ2n) is 10.1. The maximum Gasteiger partial charge on any atom is 0.349 e. The van der Waals surface area contributed by atoms with E-state index in [2.05, 4.69) is 0 Å². The minimum Gasteiger partial charge on any atom is -0.323 e. The van der Waals surface area contributed by atoms with Crippen LogP contribution >= 0.6 is 7.60 Å². The number of piperazine rings is 1. The first-order chi connectivity index (χ1) is 18.3. The molecule has 9 heteroatoms. The molecule has 2 aliphatic heterocycles. The predicted octanol–water partition coefficient (Wildman–Crippen LogP) is 4.25. The normalized spacial score (nSPS) is 21.0. The highest BCUT2D eigenvalue weighted by Gasteiger charge is 2.57. The Morgan fingerprint density at radius 1 is 0.895 bits per heavy atom. The minimum atomic E-state index is -4.80. The van der Waals surface area contributed by atoms with E-state index in [9.17, 15) is 23.9 Å². The van der Waals surface area contributed by atoms with Crippen LogP contribution in [-0.4, -0.2) is 67.9 Å². The first-order valence-electron chi connectivity index (χ1n) is 12.8. The lowest BCUT2D eigenvalue weighted by molar-refractivity contribution is -0.136. The van der Waals surface area contributed by atoms with Crippen molar-refractivity contribution in [2.45, 2.75) is 43.2 Å². The predicted molar refractivity (Wildman–Crippen MR) is 144 cm³/mol. The maximum absolute atomic E-state index is 14.2. The van der Waals surface area contributed by atoms with E-state index in [1.807, 2.05) is 91.0 Å². The molecule has 3 aromatic carbocycles. The Morgan fingerprint density at radius 3 is 1.95 bits per heavy atom. The Morgan fingerprint density at radius 2 is 1.42 bits per heavy atom. The quantitative estimate of drug-likeness (QED) is 0.462. The molecule has 2 aliphatic rings. The molecule has 0 aliphatic carbocycles. The molecule has 3 amide bonds. The highest BCUT2D eigenvalue weighted by Crippen LogP contribution is 2.52. The van der Waals surface area contributed by atoms with Crippen molar-refractivity contribution in [3.05, 3.63) is 108 Å². The van der Waals surface area contributed by atoms with Crippen molar-refractivity contribution in [3.63, 3.8) is 0 Å². The van der Waals surface area contributed by atoms with Crippen LogP contribution < -0.4 is 0 Å². The molecule has 0 spiro atoms. The summed E-state index contributed by atoms with van der Waals surface area (Å²) < 4.78 is 13.0. The van der Waals surface area contributed by atoms with Crippen molar-refractivity contribution in [2.75, 3.05) is 13.6 Å². The van der Waals surface area contributed by atoms with Crippen LogP contribution in [0.2, 0.25) is 0 Å². The number of hydrogen-bond donors (Lipinski definition) is 2. The van der Waals surface area contributed by atoms with Crippen molar-refractivity contribution in [1.82, 2.24) is 14.7 Å². The first-order valence-corrected chi connectivity index (χ1v) is 14.5. The second-order valence-corrected chi connectivity index (χ2v) is 11.8. The number of hydrogen-bond acceptors (Lipinski definition) is 3. The van der Waals surface area contributed by atoms with E-state index >= 15 is 0 Å². The SMILES string of the molecule is CN(Cc1ccccc1)C(=O)N1[C@H]2CC[C@@H]1[C@@H](P(=O)(O)O)N(C(=O)C(c1ccccc1)c1ccccc1)C2. The lowest BCUT2D eigenvalue weighted by atomic mass is 9.89. The van der Waals surface area contributed by atoms with Gasteiger partial charge in [0.15, 0.2) is 5.78 Å². The molecular formula is C29H32N3O5P. The van der Waals surface area contributed by atoms with E-state index in [0.717, 1.165) is 16.7 Å². The van der Waals surface area contributed by atoms with Gasteiger partial charge in [-0.2, -0.15) is 0 Å². The zero-order valence-electron chi connectivity index (χ0n) is 21.2. The number of likely N-dealkylation sites (tertiary alicyclic amines) is 1. The summed E-state index contributed by atoms with van der Waals surface area (Å²) in [5.74, 6) is -2.48. The highest BCUT2D eigenvalue weighted by atomic mass is 31.2. The zero-order valence-corrected chi connectivity index (χ0v) is 22.1. The second kappa shape index (κ2) is 10.7. The standard InChI is InChI=1S/C29H32N3O5P/c1-30(19-21-11-5-2-6-12-21)29(34)32-24-17-18-25(32)28(38(35,36)37)31(20-24)27(33)26(22-13-7-3-8-14-22)23-15-9-4-10-16-23/h2-16,24-26,28H,17-20H2,1H3,(H2,35,36,37)/t24-,25+,28+/m0/s1. The van der Waals surface area contributed by atoms with Crippen LogP contribution in [0.3, 0.4) is 0 Å². The van der Waals surface area contributed by atoms with Gasteiger partial charge in [-0.1, -0.05) is 91.0 Å². The molecule has 38 heavy (non-hydrogen) atoms. The lowest BCUT2D eigenvalue weighted by Crippen LogP contribution is -2.64. The highest BCUT2D eigenvalue weighted by molar-refractivity contribution is 7.52. The fourth-order valence-electron chi connectivity index (χ4n) is 5.91. The lowest BCUT2D eigenvalue weighted by Gasteiger charge is -2.48. The summed E-state index contributed by atoms with van der Waals surface area (Å²) in [5.41, 5.74) is 2.47. The van der Waals surface area contributed by atoms with Crippen molar-refractivity contribution < 1.29 is 23.9 Å². The van der Waals surface area contributed by atoms with Gasteiger partial charge < -0.3 is 24.5 Å². The third-order valence-electron chi connectivity index (χ3n) is 7.57. The third kappa shape index (κ3) is 5.12. The van der Waals surface area contributed by atoms with Gasteiger partial charge >= 0.3 is 13.6 Å². The van der Waals surface area contributed by atoms with E-state index in [1.54, 1.807) is 16.8 Å². The van der Waals surface area contributed by atoms with Gasteiger partial charge in [-0.3, -0.25) is 9.36 Å². The number of urea groups is 1. The van der Waals surface area contributed by atoms with Gasteiger partial charge in [-0.05, 0) is 29.5 Å². The van der Waals surface area contributed by atoms with Crippen LogP contribution in [-0.2, 0) is 15.9 Å². The van der Waals surface area contributed by atoms with Gasteiger partial charge in [0, 0.05) is 20.1 Å². The molecule has 2 heterocycles. The number of carbonyl (C=O) groups excluding carboxylic acids is 2. The Balaban J connectivity index is 1.46. The van der Waals surface area contributed by atoms with Gasteiger partial charge in [-0.25, -0.2) is 4.79 Å². The fourth-order valence-corrected chi connectivity index (χ4v) is 7.22. The van der Waals surface area contributed by atoms with Crippen molar-refractivity contribution in [1.29, 1.82) is 0 Å². The number of rotatable bonds is 6. The molecule has 5 rings (SSSR count). The number of fused-ring (bicyclic) bond motifs is 2. The van der Waals surface area contributed by atoms with E-state index in [0.29, 0.717) is 19.4 Å². The zero-order chi connectivity index (χ0) is 26.9. The van der Waals surface area contributed by atoms with Gasteiger partial charge in [0.05, 0.1) is 18.0 Å². The molecule has 2 N–H and O–H groups in total. The van der Waals surface area contributed by atoms with Gasteiger partial charge in [0.1, 0.15) is 0 Å². The summed E-state index contributed by atoms with van der Waals surface area (Å²) >= 11 is 0. The van der Waals surface area contributed by atoms with Crippen molar-refractivity contribution in [2.24, 2.45) is 0 Å². The van der Waals surface area contributed by atoms with E-state index in [4.69, 9.17) is 0 Å². The summed E-state index contributed by atoms with van der Waals surface area (Å²) in [6.45, 7) is 0.453. The Labute approximate surface area is 222 Å². The molecule has 0 aromatic heterocycles. The van der Waals surface area contributed by atoms with Crippen LogP contribution in [0.15, 0.2) is 91.0 Å². The average molecular weight is 534 g/mol. The number of nitrogens with zero attached hydrogens (tertiary/aromatic N) is 3. The van der Waals surface area contributed by atoms with E-state index < -0.39 is 25.3 Å². The molecule has 3 atom stereocenters. The summed E-state index contributed by atoms with van der Waals surface area (Å²) in [4.78, 5) is 53.4. The minimum absolute atomic E-state index is 0.0756. The molecule has 3 aromatic rings. The van der Waals surface area contributed by atoms with Crippen LogP contribution in [0, 0.1) is 0 Å². The fraction of sp³-hybridized carbons (Fsp3) is 0.310. The van der Waals surface area contributed by atoms with Crippen LogP contribution in [0.5, 0.6) is 0 Å². The van der Waals surface area contributed by atoms with E-state index in [-0.39, 0.29) is 24.5 Å². The van der Waals surface area contributed by atoms with Crippen molar-refractivity contribution >= 4 is 19.5 Å². The smallest absolute Gasteiger partial charge is 0.323 e. The topological polar surface area (TPSA) is 101 Å². The number of benzene rings is 3. The van der Waals surface area contributed by atoms with Crippen LogP contribution in [0.25, 0.3) is 0 Å². The number of carbonyl (C=O) groups is 2. The molecular weight excluding hydrogens is 501 g/mol. The van der Waals surface area contributed by atoms with Gasteiger partial charge in [0.25, 0.3) is 0 Å². The molecule has 2 bridgehead atoms. The largest absolute Gasteiger partial charge is 0.349 e. The summed E-state index contributed by atoms with van der Waals surface area (Å²) in [6, 6.07) is 26.8. The van der Waals surface area contributed by atoms with Crippen LogP contribution in [0.1, 0.15) is 35.4 Å². The van der Waals surface area contributed by atoms with Gasteiger partial charge in [-0.15, -0.1) is 0 Å². The summed E-state index contributed by atoms with van der Waals surface area (Å²) in [6.07, 6.45) is 1.01. The summed E-state index contributed by atoms with van der Waals surface area (Å²) in [7, 11) is -3.11. The Kier molecular flexibility index (Phi) is 7.39. The third-order valence-corrected chi connectivity index (χ3v) is 8.88. The molecule has 2 fully saturated rings. The Hall–Kier alpha value is -3.45. The molecule has 198 valence electrons. The van der Waals surface area contributed by atoms with E-state index in [1.165, 1.54) is 4.90 Å². The summed E-state index contributed by atoms with van der Waals surface area (Å²) in [5, 5.41) is 0. The maximum atomic E-state index is 14.2. The van der Waals surface area contributed by atoms with Crippen molar-refractivity contribution in [3.8, 4) is 0 Å². The molecule has 0 radical (unpaired) electrons. The molecule has 8 nitrogen and oxygen atoms in total.